The average molecular weight is 442 g/mol. The Kier molecular flexibility index (Phi) is 6.90. The molecule has 2 aromatic heterocycles. The normalized spacial score (nSPS) is 15.5. The highest BCUT2D eigenvalue weighted by atomic mass is 32.1. The number of amides is 3. The van der Waals surface area contributed by atoms with E-state index in [0.29, 0.717) is 36.1 Å². The van der Waals surface area contributed by atoms with E-state index in [4.69, 9.17) is 9.26 Å². The molecular formula is C21H23N5O4S. The van der Waals surface area contributed by atoms with Crippen LogP contribution in [-0.2, 0) is 16.0 Å². The van der Waals surface area contributed by atoms with E-state index in [1.165, 1.54) is 0 Å². The number of carbonyl (C=O) groups excluding carboxylic acids is 2. The van der Waals surface area contributed by atoms with Gasteiger partial charge in [0, 0.05) is 48.3 Å². The lowest BCUT2D eigenvalue weighted by Crippen LogP contribution is -2.35. The van der Waals surface area contributed by atoms with Crippen molar-refractivity contribution in [2.24, 2.45) is 0 Å². The number of nitrogens with zero attached hydrogens (tertiary/aromatic N) is 2. The molecule has 1 aliphatic heterocycles. The number of anilines is 2. The van der Waals surface area contributed by atoms with Crippen molar-refractivity contribution >= 4 is 34.6 Å². The highest BCUT2D eigenvalue weighted by molar-refractivity contribution is 7.08. The summed E-state index contributed by atoms with van der Waals surface area (Å²) in [5.74, 6) is 0.787. The molecule has 0 bridgehead atoms. The maximum atomic E-state index is 12.2. The van der Waals surface area contributed by atoms with Gasteiger partial charge >= 0.3 is 6.03 Å². The van der Waals surface area contributed by atoms with E-state index in [0.717, 1.165) is 25.0 Å². The molecule has 1 fully saturated rings. The first-order chi connectivity index (χ1) is 15.2. The van der Waals surface area contributed by atoms with Gasteiger partial charge < -0.3 is 25.2 Å². The molecule has 1 saturated heterocycles. The summed E-state index contributed by atoms with van der Waals surface area (Å²) in [4.78, 5) is 28.5. The third-order valence-corrected chi connectivity index (χ3v) is 5.44. The second-order valence-corrected chi connectivity index (χ2v) is 7.90. The molecule has 1 atom stereocenters. The first kappa shape index (κ1) is 21.0. The predicted molar refractivity (Wildman–Crippen MR) is 117 cm³/mol. The summed E-state index contributed by atoms with van der Waals surface area (Å²) in [5, 5.41) is 16.2. The molecule has 1 aromatic carbocycles. The highest BCUT2D eigenvalue weighted by Gasteiger charge is 2.16. The standard InChI is InChI=1S/C21H23N5O4S/c27-18(7-8-19-25-20(26-30-19)14-9-11-31-13-14)23-15-3-5-16(6-4-15)24-21(28)22-12-17-2-1-10-29-17/h3-6,9,11,13,17H,1-2,7-8,10,12H2,(H,23,27)(H2,22,24,28). The smallest absolute Gasteiger partial charge is 0.319 e. The molecule has 3 N–H and O–H groups in total. The number of thiophene rings is 1. The Labute approximate surface area is 183 Å². The molecule has 9 nitrogen and oxygen atoms in total. The highest BCUT2D eigenvalue weighted by Crippen LogP contribution is 2.19. The number of ether oxygens (including phenoxy) is 1. The van der Waals surface area contributed by atoms with Crippen LogP contribution in [0.5, 0.6) is 0 Å². The Bertz CT molecular complexity index is 997. The van der Waals surface area contributed by atoms with Crippen molar-refractivity contribution in [3.8, 4) is 11.4 Å². The van der Waals surface area contributed by atoms with Crippen LogP contribution in [0.3, 0.4) is 0 Å². The molecule has 10 heteroatoms. The van der Waals surface area contributed by atoms with Crippen molar-refractivity contribution in [3.05, 3.63) is 47.0 Å². The number of hydrogen-bond donors (Lipinski definition) is 3. The maximum absolute atomic E-state index is 12.2. The number of carbonyl (C=O) groups is 2. The van der Waals surface area contributed by atoms with Gasteiger partial charge in [-0.25, -0.2) is 4.79 Å². The van der Waals surface area contributed by atoms with E-state index in [1.807, 2.05) is 16.8 Å². The zero-order valence-electron chi connectivity index (χ0n) is 16.8. The minimum absolute atomic E-state index is 0.0951. The van der Waals surface area contributed by atoms with Crippen molar-refractivity contribution in [1.82, 2.24) is 15.5 Å². The molecular weight excluding hydrogens is 418 g/mol. The minimum Gasteiger partial charge on any atom is -0.376 e. The number of aromatic nitrogens is 2. The SMILES string of the molecule is O=C(CCc1nc(-c2ccsc2)no1)Nc1ccc(NC(=O)NCC2CCCO2)cc1. The van der Waals surface area contributed by atoms with Gasteiger partial charge in [-0.2, -0.15) is 16.3 Å². The maximum Gasteiger partial charge on any atom is 0.319 e. The monoisotopic (exact) mass is 441 g/mol. The molecule has 31 heavy (non-hydrogen) atoms. The first-order valence-electron chi connectivity index (χ1n) is 10.1. The van der Waals surface area contributed by atoms with E-state index in [-0.39, 0.29) is 24.5 Å². The molecule has 1 unspecified atom stereocenters. The van der Waals surface area contributed by atoms with Crippen molar-refractivity contribution in [2.45, 2.75) is 31.8 Å². The number of nitrogens with one attached hydrogen (secondary N) is 3. The number of rotatable bonds is 8. The van der Waals surface area contributed by atoms with Crippen molar-refractivity contribution < 1.29 is 18.8 Å². The second kappa shape index (κ2) is 10.2. The van der Waals surface area contributed by atoms with E-state index < -0.39 is 0 Å². The quantitative estimate of drug-likeness (QED) is 0.491. The summed E-state index contributed by atoms with van der Waals surface area (Å²) in [6, 6.07) is 8.55. The Hall–Kier alpha value is -3.24. The molecule has 0 saturated carbocycles. The minimum atomic E-state index is -0.284. The fraction of sp³-hybridized carbons (Fsp3) is 0.333. The van der Waals surface area contributed by atoms with Crippen LogP contribution >= 0.6 is 11.3 Å². The molecule has 3 amide bonds. The lowest BCUT2D eigenvalue weighted by Gasteiger charge is -2.12. The number of benzene rings is 1. The van der Waals surface area contributed by atoms with Crippen LogP contribution in [0.15, 0.2) is 45.6 Å². The van der Waals surface area contributed by atoms with Crippen LogP contribution in [0.25, 0.3) is 11.4 Å². The zero-order chi connectivity index (χ0) is 21.5. The molecule has 0 radical (unpaired) electrons. The zero-order valence-corrected chi connectivity index (χ0v) is 17.6. The topological polar surface area (TPSA) is 118 Å². The number of aryl methyl sites for hydroxylation is 1. The number of hydrogen-bond acceptors (Lipinski definition) is 7. The summed E-state index contributed by atoms with van der Waals surface area (Å²) in [6.07, 6.45) is 2.67. The summed E-state index contributed by atoms with van der Waals surface area (Å²) in [6.45, 7) is 1.25. The van der Waals surface area contributed by atoms with Crippen LogP contribution in [0, 0.1) is 0 Å². The van der Waals surface area contributed by atoms with Gasteiger partial charge in [0.2, 0.25) is 17.6 Å². The van der Waals surface area contributed by atoms with Crippen LogP contribution in [0.4, 0.5) is 16.2 Å². The molecule has 162 valence electrons. The molecule has 1 aliphatic rings. The summed E-state index contributed by atoms with van der Waals surface area (Å²) >= 11 is 1.56. The van der Waals surface area contributed by atoms with Crippen molar-refractivity contribution in [2.75, 3.05) is 23.8 Å². The molecule has 0 spiro atoms. The van der Waals surface area contributed by atoms with E-state index in [2.05, 4.69) is 26.1 Å². The van der Waals surface area contributed by atoms with Crippen LogP contribution in [-0.4, -0.2) is 41.3 Å². The van der Waals surface area contributed by atoms with Gasteiger partial charge in [0.15, 0.2) is 0 Å². The first-order valence-corrected chi connectivity index (χ1v) is 11.0. The third-order valence-electron chi connectivity index (χ3n) is 4.75. The van der Waals surface area contributed by atoms with E-state index in [1.54, 1.807) is 35.6 Å². The Morgan fingerprint density at radius 1 is 1.13 bits per heavy atom. The third kappa shape index (κ3) is 6.12. The predicted octanol–water partition coefficient (Wildman–Crippen LogP) is 3.67. The fourth-order valence-corrected chi connectivity index (χ4v) is 3.77. The van der Waals surface area contributed by atoms with Crippen LogP contribution < -0.4 is 16.0 Å². The summed E-state index contributed by atoms with van der Waals surface area (Å²) in [5.41, 5.74) is 2.17. The summed E-state index contributed by atoms with van der Waals surface area (Å²) in [7, 11) is 0. The Balaban J connectivity index is 1.19. The lowest BCUT2D eigenvalue weighted by atomic mass is 10.2. The van der Waals surface area contributed by atoms with Gasteiger partial charge in [0.1, 0.15) is 0 Å². The van der Waals surface area contributed by atoms with Gasteiger partial charge in [-0.3, -0.25) is 4.79 Å². The second-order valence-electron chi connectivity index (χ2n) is 7.12. The molecule has 0 aliphatic carbocycles. The fourth-order valence-electron chi connectivity index (χ4n) is 3.13. The Morgan fingerprint density at radius 3 is 2.65 bits per heavy atom. The van der Waals surface area contributed by atoms with E-state index in [9.17, 15) is 9.59 Å². The van der Waals surface area contributed by atoms with Crippen molar-refractivity contribution in [1.29, 1.82) is 0 Å². The van der Waals surface area contributed by atoms with Gasteiger partial charge in [-0.05, 0) is 48.6 Å². The summed E-state index contributed by atoms with van der Waals surface area (Å²) < 4.78 is 10.7. The molecule has 3 heterocycles. The lowest BCUT2D eigenvalue weighted by molar-refractivity contribution is -0.116. The molecule has 3 aromatic rings. The Morgan fingerprint density at radius 2 is 1.94 bits per heavy atom. The average Bonchev–Trinajstić information content (AvgIpc) is 3.55. The largest absolute Gasteiger partial charge is 0.376 e. The van der Waals surface area contributed by atoms with Crippen LogP contribution in [0.2, 0.25) is 0 Å². The van der Waals surface area contributed by atoms with Crippen molar-refractivity contribution in [3.63, 3.8) is 0 Å². The van der Waals surface area contributed by atoms with E-state index >= 15 is 0 Å². The van der Waals surface area contributed by atoms with Gasteiger partial charge in [0.05, 0.1) is 6.10 Å². The molecule has 4 rings (SSSR count). The van der Waals surface area contributed by atoms with Crippen LogP contribution in [0.1, 0.15) is 25.2 Å². The number of urea groups is 1. The van der Waals surface area contributed by atoms with Gasteiger partial charge in [0.25, 0.3) is 0 Å². The van der Waals surface area contributed by atoms with Gasteiger partial charge in [-0.15, -0.1) is 0 Å². The van der Waals surface area contributed by atoms with Gasteiger partial charge in [-0.1, -0.05) is 5.16 Å².